The number of ether oxygens (including phenoxy) is 3. The molecule has 0 saturated carbocycles. The van der Waals surface area contributed by atoms with E-state index in [1.165, 1.54) is 0 Å². The fourth-order valence-electron chi connectivity index (χ4n) is 3.55. The van der Waals surface area contributed by atoms with Crippen LogP contribution in [0.15, 0.2) is 42.5 Å². The van der Waals surface area contributed by atoms with Crippen molar-refractivity contribution in [3.63, 3.8) is 0 Å². The number of hydrogen-bond donors (Lipinski definition) is 0. The van der Waals surface area contributed by atoms with Crippen molar-refractivity contribution >= 4 is 5.91 Å². The second-order valence-corrected chi connectivity index (χ2v) is 6.69. The smallest absolute Gasteiger partial charge is 0.263 e. The van der Waals surface area contributed by atoms with E-state index < -0.39 is 6.10 Å². The minimum Gasteiger partial charge on any atom is -0.497 e. The molecule has 1 heterocycles. The summed E-state index contributed by atoms with van der Waals surface area (Å²) in [6.45, 7) is 2.42. The highest BCUT2D eigenvalue weighted by Crippen LogP contribution is 2.39. The quantitative estimate of drug-likeness (QED) is 0.764. The summed E-state index contributed by atoms with van der Waals surface area (Å²) in [5, 5.41) is 8.89. The highest BCUT2D eigenvalue weighted by molar-refractivity contribution is 5.81. The summed E-state index contributed by atoms with van der Waals surface area (Å²) in [6.07, 6.45) is 1.14. The molecule has 2 aromatic carbocycles. The normalized spacial score (nSPS) is 16.9. The fourth-order valence-corrected chi connectivity index (χ4v) is 3.55. The Kier molecular flexibility index (Phi) is 6.05. The molecule has 2 unspecified atom stereocenters. The summed E-state index contributed by atoms with van der Waals surface area (Å²) >= 11 is 0. The molecule has 0 radical (unpaired) electrons. The molecule has 146 valence electrons. The van der Waals surface area contributed by atoms with Gasteiger partial charge in [-0.05, 0) is 62.2 Å². The van der Waals surface area contributed by atoms with Crippen molar-refractivity contribution in [3.05, 3.63) is 53.6 Å². The van der Waals surface area contributed by atoms with Crippen molar-refractivity contribution in [3.8, 4) is 23.3 Å². The maximum absolute atomic E-state index is 13.1. The topological polar surface area (TPSA) is 71.8 Å². The highest BCUT2D eigenvalue weighted by atomic mass is 16.5. The zero-order valence-corrected chi connectivity index (χ0v) is 16.3. The lowest BCUT2D eigenvalue weighted by molar-refractivity contribution is -0.138. The van der Waals surface area contributed by atoms with E-state index in [4.69, 9.17) is 19.5 Å². The van der Waals surface area contributed by atoms with Gasteiger partial charge in [-0.15, -0.1) is 0 Å². The van der Waals surface area contributed by atoms with Crippen molar-refractivity contribution in [2.75, 3.05) is 20.8 Å². The Labute approximate surface area is 165 Å². The molecule has 1 aliphatic heterocycles. The molecule has 3 rings (SSSR count). The first kappa shape index (κ1) is 19.6. The van der Waals surface area contributed by atoms with Gasteiger partial charge in [-0.25, -0.2) is 0 Å². The van der Waals surface area contributed by atoms with E-state index >= 15 is 0 Å². The largest absolute Gasteiger partial charge is 0.497 e. The molecule has 0 aliphatic carbocycles. The Morgan fingerprint density at radius 3 is 2.50 bits per heavy atom. The number of nitriles is 1. The highest BCUT2D eigenvalue weighted by Gasteiger charge is 2.35. The number of likely N-dealkylation sites (tertiary alicyclic amines) is 1. The van der Waals surface area contributed by atoms with Crippen LogP contribution in [0.3, 0.4) is 0 Å². The number of carbonyl (C=O) groups excluding carboxylic acids is 1. The van der Waals surface area contributed by atoms with E-state index in [0.717, 1.165) is 29.9 Å². The van der Waals surface area contributed by atoms with Gasteiger partial charge < -0.3 is 19.1 Å². The van der Waals surface area contributed by atoms with Gasteiger partial charge in [-0.2, -0.15) is 5.26 Å². The second-order valence-electron chi connectivity index (χ2n) is 6.69. The Morgan fingerprint density at radius 1 is 1.14 bits per heavy atom. The van der Waals surface area contributed by atoms with Gasteiger partial charge in [0.1, 0.15) is 17.2 Å². The van der Waals surface area contributed by atoms with Gasteiger partial charge in [0, 0.05) is 12.1 Å². The van der Waals surface area contributed by atoms with Gasteiger partial charge in [0.25, 0.3) is 5.91 Å². The summed E-state index contributed by atoms with van der Waals surface area (Å²) in [4.78, 5) is 14.9. The standard InChI is InChI=1S/C22H24N2O4/c1-15(28-17-8-6-16(14-23)7-9-17)22(25)24-12-4-5-20(24)19-13-18(26-2)10-11-21(19)27-3/h6-11,13,15,20H,4-5,12H2,1-3H3. The van der Waals surface area contributed by atoms with Crippen LogP contribution in [-0.4, -0.2) is 37.7 Å². The van der Waals surface area contributed by atoms with Crippen molar-refractivity contribution in [1.82, 2.24) is 4.90 Å². The van der Waals surface area contributed by atoms with E-state index in [-0.39, 0.29) is 11.9 Å². The van der Waals surface area contributed by atoms with Gasteiger partial charge in [0.15, 0.2) is 6.10 Å². The summed E-state index contributed by atoms with van der Waals surface area (Å²) in [5.74, 6) is 1.97. The Balaban J connectivity index is 1.78. The van der Waals surface area contributed by atoms with Gasteiger partial charge in [-0.1, -0.05) is 0 Å². The van der Waals surface area contributed by atoms with Crippen LogP contribution >= 0.6 is 0 Å². The van der Waals surface area contributed by atoms with E-state index in [1.54, 1.807) is 45.4 Å². The van der Waals surface area contributed by atoms with Crippen LogP contribution in [-0.2, 0) is 4.79 Å². The van der Waals surface area contributed by atoms with Crippen molar-refractivity contribution in [2.24, 2.45) is 0 Å². The molecular formula is C22H24N2O4. The maximum atomic E-state index is 13.1. The molecule has 2 aromatic rings. The summed E-state index contributed by atoms with van der Waals surface area (Å²) in [6, 6.07) is 14.4. The van der Waals surface area contributed by atoms with Gasteiger partial charge >= 0.3 is 0 Å². The van der Waals surface area contributed by atoms with Crippen LogP contribution in [0.4, 0.5) is 0 Å². The number of hydrogen-bond acceptors (Lipinski definition) is 5. The molecule has 1 amide bonds. The fraction of sp³-hybridized carbons (Fsp3) is 0.364. The first-order valence-corrected chi connectivity index (χ1v) is 9.26. The number of carbonyl (C=O) groups is 1. The summed E-state index contributed by atoms with van der Waals surface area (Å²) in [7, 11) is 3.25. The van der Waals surface area contributed by atoms with E-state index in [2.05, 4.69) is 6.07 Å². The molecule has 6 heteroatoms. The van der Waals surface area contributed by atoms with E-state index in [1.807, 2.05) is 23.1 Å². The van der Waals surface area contributed by atoms with Crippen molar-refractivity contribution < 1.29 is 19.0 Å². The molecular weight excluding hydrogens is 356 g/mol. The van der Waals surface area contributed by atoms with Gasteiger partial charge in [0.05, 0.1) is 31.9 Å². The van der Waals surface area contributed by atoms with Crippen LogP contribution < -0.4 is 14.2 Å². The molecule has 1 fully saturated rings. The third kappa shape index (κ3) is 4.04. The number of nitrogens with zero attached hydrogens (tertiary/aromatic N) is 2. The van der Waals surface area contributed by atoms with Crippen molar-refractivity contribution in [1.29, 1.82) is 5.26 Å². The number of amides is 1. The monoisotopic (exact) mass is 380 g/mol. The van der Waals surface area contributed by atoms with Crippen LogP contribution in [0.1, 0.15) is 36.9 Å². The molecule has 0 N–H and O–H groups in total. The first-order valence-electron chi connectivity index (χ1n) is 9.26. The van der Waals surface area contributed by atoms with Crippen LogP contribution in [0, 0.1) is 11.3 Å². The molecule has 6 nitrogen and oxygen atoms in total. The molecule has 0 aromatic heterocycles. The Bertz CT molecular complexity index is 873. The number of rotatable bonds is 6. The third-order valence-electron chi connectivity index (χ3n) is 4.98. The van der Waals surface area contributed by atoms with Gasteiger partial charge in [-0.3, -0.25) is 4.79 Å². The molecule has 0 bridgehead atoms. The van der Waals surface area contributed by atoms with Crippen LogP contribution in [0.5, 0.6) is 17.2 Å². The zero-order valence-electron chi connectivity index (χ0n) is 16.3. The maximum Gasteiger partial charge on any atom is 0.263 e. The van der Waals surface area contributed by atoms with Crippen LogP contribution in [0.25, 0.3) is 0 Å². The van der Waals surface area contributed by atoms with Crippen molar-refractivity contribution in [2.45, 2.75) is 31.9 Å². The minimum absolute atomic E-state index is 0.0725. The first-order chi connectivity index (χ1) is 13.6. The molecule has 1 saturated heterocycles. The molecule has 28 heavy (non-hydrogen) atoms. The number of methoxy groups -OCH3 is 2. The SMILES string of the molecule is COc1ccc(OC)c(C2CCCN2C(=O)C(C)Oc2ccc(C#N)cc2)c1. The average molecular weight is 380 g/mol. The Hall–Kier alpha value is -3.20. The summed E-state index contributed by atoms with van der Waals surface area (Å²) < 4.78 is 16.7. The number of benzene rings is 2. The molecule has 0 spiro atoms. The lowest BCUT2D eigenvalue weighted by atomic mass is 10.0. The third-order valence-corrected chi connectivity index (χ3v) is 4.98. The predicted octanol–water partition coefficient (Wildman–Crippen LogP) is 3.71. The lowest BCUT2D eigenvalue weighted by Gasteiger charge is -2.29. The van der Waals surface area contributed by atoms with Crippen LogP contribution in [0.2, 0.25) is 0 Å². The summed E-state index contributed by atoms with van der Waals surface area (Å²) in [5.41, 5.74) is 1.49. The molecule has 2 atom stereocenters. The zero-order chi connectivity index (χ0) is 20.1. The molecule has 1 aliphatic rings. The minimum atomic E-state index is -0.634. The lowest BCUT2D eigenvalue weighted by Crippen LogP contribution is -2.40. The average Bonchev–Trinajstić information content (AvgIpc) is 3.22. The Morgan fingerprint density at radius 2 is 1.86 bits per heavy atom. The second kappa shape index (κ2) is 8.66. The van der Waals surface area contributed by atoms with E-state index in [9.17, 15) is 4.79 Å². The predicted molar refractivity (Wildman–Crippen MR) is 104 cm³/mol. The van der Waals surface area contributed by atoms with E-state index in [0.29, 0.717) is 17.9 Å². The van der Waals surface area contributed by atoms with Gasteiger partial charge in [0.2, 0.25) is 0 Å².